The van der Waals surface area contributed by atoms with Gasteiger partial charge in [0.2, 0.25) is 0 Å². The van der Waals surface area contributed by atoms with Gasteiger partial charge < -0.3 is 21.2 Å². The number of rotatable bonds is 2. The zero-order valence-corrected chi connectivity index (χ0v) is 11.7. The summed E-state index contributed by atoms with van der Waals surface area (Å²) in [5.41, 5.74) is 9.94. The molecule has 0 aromatic carbocycles. The Morgan fingerprint density at radius 3 is 1.52 bits per heavy atom. The maximum Gasteiger partial charge on any atom is 0.301 e. The second kappa shape index (κ2) is 9.70. The number of nitrogens with zero attached hydrogens (tertiary/aromatic N) is 2. The van der Waals surface area contributed by atoms with Gasteiger partial charge in [0.15, 0.2) is 10.3 Å². The van der Waals surface area contributed by atoms with Crippen LogP contribution in [0.25, 0.3) is 0 Å². The van der Waals surface area contributed by atoms with E-state index in [1.54, 1.807) is 0 Å². The van der Waals surface area contributed by atoms with Gasteiger partial charge in [0.05, 0.1) is 0 Å². The molecule has 0 unspecified atom stereocenters. The van der Waals surface area contributed by atoms with Gasteiger partial charge in [-0.2, -0.15) is 9.98 Å². The van der Waals surface area contributed by atoms with E-state index >= 15 is 0 Å². The Labute approximate surface area is 125 Å². The predicted molar refractivity (Wildman–Crippen MR) is 75.9 cm³/mol. The average molecular weight is 338 g/mol. The first-order chi connectivity index (χ1) is 9.78. The number of hydrogen-bond acceptors (Lipinski definition) is 10. The van der Waals surface area contributed by atoms with E-state index in [9.17, 15) is 9.59 Å². The lowest BCUT2D eigenvalue weighted by Crippen LogP contribution is -2.14. The van der Waals surface area contributed by atoms with Crippen molar-refractivity contribution in [2.75, 3.05) is 0 Å². The molecule has 0 bridgehead atoms. The first kappa shape index (κ1) is 18.8. The van der Waals surface area contributed by atoms with Crippen molar-refractivity contribution in [2.24, 2.45) is 21.5 Å². The standard InChI is InChI=1S/C7H10N6O6S2/c8-4(9)20-6(18-16)12-2(14)1-3(15)13-7(19-17)21-5(10)11/h16-17H,1H2,(H3,8,9)(H3,10,11). The summed E-state index contributed by atoms with van der Waals surface area (Å²) < 4.78 is 0. The topological polar surface area (TPSA) is 218 Å². The minimum Gasteiger partial charge on any atom is -0.378 e. The molecule has 0 atom stereocenters. The van der Waals surface area contributed by atoms with Crippen LogP contribution in [-0.4, -0.2) is 43.1 Å². The van der Waals surface area contributed by atoms with Gasteiger partial charge in [-0.25, -0.2) is 10.5 Å². The van der Waals surface area contributed by atoms with E-state index in [-0.39, 0.29) is 0 Å². The molecule has 8 N–H and O–H groups in total. The van der Waals surface area contributed by atoms with Crippen molar-refractivity contribution < 1.29 is 29.9 Å². The molecule has 0 spiro atoms. The van der Waals surface area contributed by atoms with Crippen LogP contribution in [0.4, 0.5) is 0 Å². The van der Waals surface area contributed by atoms with E-state index in [1.165, 1.54) is 0 Å². The molecule has 116 valence electrons. The highest BCUT2D eigenvalue weighted by molar-refractivity contribution is 8.26. The van der Waals surface area contributed by atoms with Crippen molar-refractivity contribution in [1.29, 1.82) is 10.8 Å². The maximum absolute atomic E-state index is 11.3. The molecule has 0 rings (SSSR count). The quantitative estimate of drug-likeness (QED) is 0.123. The van der Waals surface area contributed by atoms with Crippen LogP contribution in [0.15, 0.2) is 9.98 Å². The monoisotopic (exact) mass is 338 g/mol. The molecular weight excluding hydrogens is 328 g/mol. The van der Waals surface area contributed by atoms with E-state index < -0.39 is 39.0 Å². The molecule has 0 aliphatic heterocycles. The second-order valence-corrected chi connectivity index (χ2v) is 4.82. The van der Waals surface area contributed by atoms with Crippen LogP contribution in [0.2, 0.25) is 0 Å². The Hall–Kier alpha value is -2.16. The smallest absolute Gasteiger partial charge is 0.301 e. The van der Waals surface area contributed by atoms with Crippen LogP contribution in [0.5, 0.6) is 0 Å². The fourth-order valence-electron chi connectivity index (χ4n) is 0.724. The minimum absolute atomic E-state index is 0.339. The fourth-order valence-corrected chi connectivity index (χ4v) is 1.47. The third-order valence-electron chi connectivity index (χ3n) is 1.29. The molecule has 0 radical (unpaired) electrons. The zero-order chi connectivity index (χ0) is 16.4. The molecule has 0 aromatic rings. The van der Waals surface area contributed by atoms with E-state index in [4.69, 9.17) is 32.8 Å². The molecule has 0 aliphatic carbocycles. The lowest BCUT2D eigenvalue weighted by atomic mass is 10.4. The lowest BCUT2D eigenvalue weighted by Gasteiger charge is -2.00. The molecule has 21 heavy (non-hydrogen) atoms. The number of aliphatic imine (C=N–C) groups is 2. The third kappa shape index (κ3) is 9.38. The van der Waals surface area contributed by atoms with Gasteiger partial charge in [0, 0.05) is 23.5 Å². The molecular formula is C7H10N6O6S2. The van der Waals surface area contributed by atoms with E-state index in [0.29, 0.717) is 23.5 Å². The Bertz CT molecular complexity index is 462. The number of thioether (sulfide) groups is 2. The zero-order valence-electron chi connectivity index (χ0n) is 10.1. The molecule has 2 amide bonds. The summed E-state index contributed by atoms with van der Waals surface area (Å²) >= 11 is 0.679. The summed E-state index contributed by atoms with van der Waals surface area (Å²) in [5, 5.41) is 28.2. The Morgan fingerprint density at radius 2 is 1.29 bits per heavy atom. The van der Waals surface area contributed by atoms with Crippen LogP contribution in [0.1, 0.15) is 6.42 Å². The summed E-state index contributed by atoms with van der Waals surface area (Å²) in [5.74, 6) is -2.13. The van der Waals surface area contributed by atoms with Crippen molar-refractivity contribution in [3.8, 4) is 0 Å². The molecule has 12 nitrogen and oxygen atoms in total. The average Bonchev–Trinajstić information content (AvgIpc) is 2.35. The van der Waals surface area contributed by atoms with Gasteiger partial charge in [-0.1, -0.05) is 0 Å². The molecule has 0 saturated heterocycles. The normalized spacial score (nSPS) is 11.7. The highest BCUT2D eigenvalue weighted by Crippen LogP contribution is 2.07. The number of amides is 2. The minimum atomic E-state index is -1.06. The SMILES string of the molecule is N=C(N)SC(=NC(=O)CC(=O)N=C(OO)SC(=N)N)OO. The van der Waals surface area contributed by atoms with Crippen LogP contribution in [-0.2, 0) is 19.4 Å². The third-order valence-corrected chi connectivity index (χ3v) is 2.41. The molecule has 0 saturated carbocycles. The molecule has 0 heterocycles. The van der Waals surface area contributed by atoms with Gasteiger partial charge >= 0.3 is 10.5 Å². The summed E-state index contributed by atoms with van der Waals surface area (Å²) in [6.07, 6.45) is -0.851. The maximum atomic E-state index is 11.3. The van der Waals surface area contributed by atoms with Gasteiger partial charge in [0.25, 0.3) is 11.8 Å². The summed E-state index contributed by atoms with van der Waals surface area (Å²) in [4.78, 5) is 36.3. The van der Waals surface area contributed by atoms with E-state index in [0.717, 1.165) is 0 Å². The van der Waals surface area contributed by atoms with Crippen molar-refractivity contribution in [3.63, 3.8) is 0 Å². The van der Waals surface area contributed by atoms with E-state index in [2.05, 4.69) is 19.8 Å². The van der Waals surface area contributed by atoms with Crippen molar-refractivity contribution in [1.82, 2.24) is 0 Å². The molecule has 0 aliphatic rings. The summed E-state index contributed by atoms with van der Waals surface area (Å²) in [7, 11) is 0. The molecule has 0 fully saturated rings. The second-order valence-electron chi connectivity index (χ2n) is 2.83. The number of nitrogens with two attached hydrogens (primary N) is 2. The Balaban J connectivity index is 4.73. The summed E-state index contributed by atoms with van der Waals surface area (Å²) in [6, 6.07) is 0. The van der Waals surface area contributed by atoms with Gasteiger partial charge in [-0.3, -0.25) is 20.4 Å². The first-order valence-corrected chi connectivity index (χ1v) is 6.31. The van der Waals surface area contributed by atoms with Crippen LogP contribution < -0.4 is 11.5 Å². The highest BCUT2D eigenvalue weighted by Gasteiger charge is 2.14. The fraction of sp³-hybridized carbons (Fsp3) is 0.143. The number of hydrogen-bond donors (Lipinski definition) is 6. The Kier molecular flexibility index (Phi) is 8.70. The number of carbonyl (C=O) groups excluding carboxylic acids is 2. The van der Waals surface area contributed by atoms with Crippen LogP contribution in [0.3, 0.4) is 0 Å². The number of carbonyl (C=O) groups is 2. The lowest BCUT2D eigenvalue weighted by molar-refractivity contribution is -0.151. The molecule has 14 heteroatoms. The largest absolute Gasteiger partial charge is 0.378 e. The van der Waals surface area contributed by atoms with Gasteiger partial charge in [0.1, 0.15) is 6.42 Å². The van der Waals surface area contributed by atoms with Gasteiger partial charge in [-0.15, -0.1) is 0 Å². The van der Waals surface area contributed by atoms with Crippen LogP contribution >= 0.6 is 23.5 Å². The van der Waals surface area contributed by atoms with Crippen LogP contribution in [0, 0.1) is 10.8 Å². The Morgan fingerprint density at radius 1 is 0.952 bits per heavy atom. The van der Waals surface area contributed by atoms with Crippen molar-refractivity contribution >= 4 is 56.1 Å². The number of nitrogens with one attached hydrogen (secondary N) is 2. The predicted octanol–water partition coefficient (Wildman–Crippen LogP) is -0.626. The summed E-state index contributed by atoms with van der Waals surface area (Å²) in [6.45, 7) is 0. The highest BCUT2D eigenvalue weighted by atomic mass is 32.2. The van der Waals surface area contributed by atoms with Crippen molar-refractivity contribution in [3.05, 3.63) is 0 Å². The number of amidine groups is 2. The molecule has 0 aromatic heterocycles. The first-order valence-electron chi connectivity index (χ1n) is 4.68. The van der Waals surface area contributed by atoms with Gasteiger partial charge in [-0.05, 0) is 0 Å². The van der Waals surface area contributed by atoms with Crippen molar-refractivity contribution in [2.45, 2.75) is 6.42 Å². The van der Waals surface area contributed by atoms with E-state index in [1.807, 2.05) is 0 Å².